The molecule has 0 spiro atoms. The van der Waals surface area contributed by atoms with E-state index in [1.807, 2.05) is 7.05 Å². The summed E-state index contributed by atoms with van der Waals surface area (Å²) in [6.45, 7) is 4.35. The van der Waals surface area contributed by atoms with Crippen molar-refractivity contribution in [1.82, 2.24) is 9.62 Å². The number of benzene rings is 1. The first-order valence-electron chi connectivity index (χ1n) is 6.77. The van der Waals surface area contributed by atoms with Gasteiger partial charge in [-0.2, -0.15) is 0 Å². The number of ether oxygens (including phenoxy) is 1. The zero-order valence-electron chi connectivity index (χ0n) is 12.5. The Balaban J connectivity index is 2.17. The van der Waals surface area contributed by atoms with Crippen molar-refractivity contribution in [3.63, 3.8) is 0 Å². The summed E-state index contributed by atoms with van der Waals surface area (Å²) in [4.78, 5) is 2.28. The molecular weight excluding hydrogens is 312 g/mol. The average molecular weight is 333 g/mol. The van der Waals surface area contributed by atoms with Crippen molar-refractivity contribution in [3.05, 3.63) is 23.2 Å². The highest BCUT2D eigenvalue weighted by molar-refractivity contribution is 7.89. The molecule has 1 unspecified atom stereocenters. The number of rotatable bonds is 5. The van der Waals surface area contributed by atoms with Gasteiger partial charge < -0.3 is 9.64 Å². The van der Waals surface area contributed by atoms with Crippen molar-refractivity contribution in [3.8, 4) is 5.75 Å². The van der Waals surface area contributed by atoms with Gasteiger partial charge >= 0.3 is 0 Å². The van der Waals surface area contributed by atoms with Crippen LogP contribution in [0, 0.1) is 5.41 Å². The van der Waals surface area contributed by atoms with E-state index >= 15 is 0 Å². The highest BCUT2D eigenvalue weighted by atomic mass is 35.5. The zero-order chi connectivity index (χ0) is 15.7. The van der Waals surface area contributed by atoms with Crippen LogP contribution in [0.15, 0.2) is 23.1 Å². The van der Waals surface area contributed by atoms with Crippen LogP contribution in [0.25, 0.3) is 0 Å². The van der Waals surface area contributed by atoms with E-state index in [0.717, 1.165) is 19.5 Å². The van der Waals surface area contributed by atoms with Crippen molar-refractivity contribution in [2.24, 2.45) is 5.41 Å². The molecule has 21 heavy (non-hydrogen) atoms. The van der Waals surface area contributed by atoms with Gasteiger partial charge in [0.05, 0.1) is 7.11 Å². The minimum atomic E-state index is -3.65. The summed E-state index contributed by atoms with van der Waals surface area (Å²) >= 11 is 5.90. The predicted molar refractivity (Wildman–Crippen MR) is 83.4 cm³/mol. The van der Waals surface area contributed by atoms with E-state index in [9.17, 15) is 8.42 Å². The monoisotopic (exact) mass is 332 g/mol. The largest absolute Gasteiger partial charge is 0.495 e. The van der Waals surface area contributed by atoms with Gasteiger partial charge in [-0.1, -0.05) is 18.5 Å². The Morgan fingerprint density at radius 2 is 2.19 bits per heavy atom. The lowest BCUT2D eigenvalue weighted by molar-refractivity contribution is 0.309. The molecule has 0 bridgehead atoms. The highest BCUT2D eigenvalue weighted by Gasteiger charge is 2.33. The number of sulfonamides is 1. The second kappa shape index (κ2) is 6.12. The molecule has 1 aromatic carbocycles. The summed E-state index contributed by atoms with van der Waals surface area (Å²) in [7, 11) is -0.165. The van der Waals surface area contributed by atoms with Crippen LogP contribution in [0.3, 0.4) is 0 Å². The normalized spacial score (nSPS) is 23.4. The summed E-state index contributed by atoms with van der Waals surface area (Å²) in [5.74, 6) is 0.292. The molecule has 0 aromatic heterocycles. The average Bonchev–Trinajstić information content (AvgIpc) is 2.77. The first-order chi connectivity index (χ1) is 9.76. The lowest BCUT2D eigenvalue weighted by atomic mass is 9.90. The molecule has 0 saturated carbocycles. The molecule has 1 fully saturated rings. The van der Waals surface area contributed by atoms with Crippen molar-refractivity contribution in [2.75, 3.05) is 33.8 Å². The number of likely N-dealkylation sites (tertiary alicyclic amines) is 1. The molecule has 1 saturated heterocycles. The predicted octanol–water partition coefficient (Wildman–Crippen LogP) is 1.97. The fraction of sp³-hybridized carbons (Fsp3) is 0.571. The molecule has 1 aliphatic rings. The summed E-state index contributed by atoms with van der Waals surface area (Å²) in [6.07, 6.45) is 0.971. The van der Waals surface area contributed by atoms with Crippen LogP contribution in [0.5, 0.6) is 5.75 Å². The van der Waals surface area contributed by atoms with E-state index < -0.39 is 10.0 Å². The summed E-state index contributed by atoms with van der Waals surface area (Å²) in [5, 5.41) is 0.364. The Morgan fingerprint density at radius 3 is 2.76 bits per heavy atom. The molecular formula is C14H21ClN2O3S. The highest BCUT2D eigenvalue weighted by Crippen LogP contribution is 2.30. The number of methoxy groups -OCH3 is 1. The first-order valence-corrected chi connectivity index (χ1v) is 8.64. The summed E-state index contributed by atoms with van der Waals surface area (Å²) in [6, 6.07) is 4.57. The van der Waals surface area contributed by atoms with Gasteiger partial charge in [0.25, 0.3) is 0 Å². The molecule has 7 heteroatoms. The quantitative estimate of drug-likeness (QED) is 0.895. The molecule has 0 amide bonds. The van der Waals surface area contributed by atoms with Crippen molar-refractivity contribution >= 4 is 21.6 Å². The van der Waals surface area contributed by atoms with E-state index in [4.69, 9.17) is 16.3 Å². The first kappa shape index (κ1) is 16.5. The Kier molecular flexibility index (Phi) is 4.82. The molecule has 1 N–H and O–H groups in total. The van der Waals surface area contributed by atoms with Gasteiger partial charge in [0.2, 0.25) is 10.0 Å². The second-order valence-corrected chi connectivity index (χ2v) is 8.09. The molecule has 5 nitrogen and oxygen atoms in total. The fourth-order valence-electron chi connectivity index (χ4n) is 2.62. The smallest absolute Gasteiger partial charge is 0.244 e. The molecule has 118 valence electrons. The number of nitrogens with zero attached hydrogens (tertiary/aromatic N) is 1. The van der Waals surface area contributed by atoms with Gasteiger partial charge in [0, 0.05) is 18.1 Å². The lowest BCUT2D eigenvalue weighted by Crippen LogP contribution is -2.37. The fourth-order valence-corrected chi connectivity index (χ4v) is 4.25. The minimum Gasteiger partial charge on any atom is -0.495 e. The van der Waals surface area contributed by atoms with E-state index in [-0.39, 0.29) is 10.3 Å². The van der Waals surface area contributed by atoms with E-state index in [2.05, 4.69) is 16.5 Å². The molecule has 1 atom stereocenters. The van der Waals surface area contributed by atoms with Crippen LogP contribution < -0.4 is 9.46 Å². The van der Waals surface area contributed by atoms with Gasteiger partial charge in [-0.3, -0.25) is 0 Å². The molecule has 0 aliphatic carbocycles. The molecule has 1 heterocycles. The standard InChI is InChI=1S/C14H21ClN2O3S/c1-14(6-7-17(2)10-14)9-16-21(18,19)13-8-11(15)4-5-12(13)20-3/h4-5,8,16H,6-7,9-10H2,1-3H3. The Bertz CT molecular complexity index is 621. The maximum absolute atomic E-state index is 12.5. The molecule has 1 aromatic rings. The van der Waals surface area contributed by atoms with Gasteiger partial charge in [-0.15, -0.1) is 0 Å². The zero-order valence-corrected chi connectivity index (χ0v) is 14.1. The third-order valence-electron chi connectivity index (χ3n) is 3.85. The lowest BCUT2D eigenvalue weighted by Gasteiger charge is -2.24. The minimum absolute atomic E-state index is 0.0480. The Hall–Kier alpha value is -0.820. The third kappa shape index (κ3) is 3.88. The van der Waals surface area contributed by atoms with Crippen LogP contribution in [0.4, 0.5) is 0 Å². The van der Waals surface area contributed by atoms with Crippen molar-refractivity contribution < 1.29 is 13.2 Å². The molecule has 0 radical (unpaired) electrons. The topological polar surface area (TPSA) is 58.6 Å². The van der Waals surface area contributed by atoms with Crippen LogP contribution >= 0.6 is 11.6 Å². The van der Waals surface area contributed by atoms with Crippen LogP contribution in [-0.4, -0.2) is 47.1 Å². The Morgan fingerprint density at radius 1 is 1.48 bits per heavy atom. The van der Waals surface area contributed by atoms with Crippen molar-refractivity contribution in [2.45, 2.75) is 18.2 Å². The van der Waals surface area contributed by atoms with Crippen LogP contribution in [0.1, 0.15) is 13.3 Å². The van der Waals surface area contributed by atoms with Crippen LogP contribution in [-0.2, 0) is 10.0 Å². The second-order valence-electron chi connectivity index (χ2n) is 5.92. The SMILES string of the molecule is COc1ccc(Cl)cc1S(=O)(=O)NCC1(C)CCN(C)C1. The van der Waals surface area contributed by atoms with Gasteiger partial charge in [-0.05, 0) is 43.6 Å². The maximum Gasteiger partial charge on any atom is 0.244 e. The molecule has 1 aliphatic heterocycles. The van der Waals surface area contributed by atoms with E-state index in [1.165, 1.54) is 13.2 Å². The summed E-state index contributed by atoms with van der Waals surface area (Å²) < 4.78 is 32.8. The summed E-state index contributed by atoms with van der Waals surface area (Å²) in [5.41, 5.74) is -0.0480. The van der Waals surface area contributed by atoms with Gasteiger partial charge in [0.15, 0.2) is 0 Å². The van der Waals surface area contributed by atoms with Crippen molar-refractivity contribution in [1.29, 1.82) is 0 Å². The number of halogens is 1. The van der Waals surface area contributed by atoms with Gasteiger partial charge in [-0.25, -0.2) is 13.1 Å². The van der Waals surface area contributed by atoms with E-state index in [0.29, 0.717) is 17.3 Å². The maximum atomic E-state index is 12.5. The third-order valence-corrected chi connectivity index (χ3v) is 5.51. The molecule has 2 rings (SSSR count). The number of hydrogen-bond acceptors (Lipinski definition) is 4. The Labute approximate surface area is 131 Å². The van der Waals surface area contributed by atoms with Gasteiger partial charge in [0.1, 0.15) is 10.6 Å². The van der Waals surface area contributed by atoms with E-state index in [1.54, 1.807) is 12.1 Å². The number of hydrogen-bond donors (Lipinski definition) is 1. The van der Waals surface area contributed by atoms with Crippen LogP contribution in [0.2, 0.25) is 5.02 Å². The number of nitrogens with one attached hydrogen (secondary N) is 1.